The summed E-state index contributed by atoms with van der Waals surface area (Å²) in [4.78, 5) is 15.2. The van der Waals surface area contributed by atoms with E-state index in [0.717, 1.165) is 61.3 Å². The molecule has 2 aromatic carbocycles. The standard InChI is InChI=1S/C26H31FN2O3/c1-26(2)14-18-12-20(16-4-6-19(31-3)7-5-16)22(27)13-21(18)24(26)28-25(30)32-23-15-29-10-8-17(23)9-11-29/h4-7,12-13,17,23-24H,8-11,14-15H2,1-3H3,(H,28,30)/t23-,24+/m1/s1. The predicted octanol–water partition coefficient (Wildman–Crippen LogP) is 4.95. The smallest absolute Gasteiger partial charge is 0.407 e. The van der Waals surface area contributed by atoms with E-state index in [9.17, 15) is 4.79 Å². The number of carbonyl (C=O) groups excluding carboxylic acids is 1. The molecule has 0 unspecified atom stereocenters. The number of piperidine rings is 3. The number of benzene rings is 2. The Morgan fingerprint density at radius 3 is 2.50 bits per heavy atom. The molecule has 2 aromatic rings. The fraction of sp³-hybridized carbons (Fsp3) is 0.500. The number of rotatable bonds is 4. The molecule has 1 aliphatic carbocycles. The zero-order valence-corrected chi connectivity index (χ0v) is 19.0. The second-order valence-corrected chi connectivity index (χ2v) is 10.1. The number of amides is 1. The Morgan fingerprint density at radius 2 is 1.88 bits per heavy atom. The van der Waals surface area contributed by atoms with Crippen LogP contribution in [-0.2, 0) is 11.2 Å². The van der Waals surface area contributed by atoms with Crippen molar-refractivity contribution in [3.05, 3.63) is 53.3 Å². The molecule has 0 radical (unpaired) electrons. The second-order valence-electron chi connectivity index (χ2n) is 10.1. The van der Waals surface area contributed by atoms with Gasteiger partial charge in [-0.15, -0.1) is 0 Å². The topological polar surface area (TPSA) is 50.8 Å². The van der Waals surface area contributed by atoms with E-state index in [4.69, 9.17) is 9.47 Å². The maximum atomic E-state index is 15.2. The maximum Gasteiger partial charge on any atom is 0.407 e. The monoisotopic (exact) mass is 438 g/mol. The molecule has 4 aliphatic rings. The Morgan fingerprint density at radius 1 is 1.16 bits per heavy atom. The third kappa shape index (κ3) is 3.85. The van der Waals surface area contributed by atoms with Gasteiger partial charge in [-0.2, -0.15) is 0 Å². The van der Waals surface area contributed by atoms with Crippen molar-refractivity contribution in [2.24, 2.45) is 11.3 Å². The Kier molecular flexibility index (Phi) is 5.36. The summed E-state index contributed by atoms with van der Waals surface area (Å²) in [6.07, 6.45) is 2.51. The third-order valence-corrected chi connectivity index (χ3v) is 7.49. The molecule has 3 fully saturated rings. The van der Waals surface area contributed by atoms with Gasteiger partial charge in [0.25, 0.3) is 0 Å². The van der Waals surface area contributed by atoms with Crippen LogP contribution in [0.15, 0.2) is 36.4 Å². The first-order valence-electron chi connectivity index (χ1n) is 11.5. The van der Waals surface area contributed by atoms with Crippen molar-refractivity contribution in [1.82, 2.24) is 10.2 Å². The molecule has 3 heterocycles. The second kappa shape index (κ2) is 8.07. The lowest BCUT2D eigenvalue weighted by molar-refractivity contribution is -0.0349. The van der Waals surface area contributed by atoms with Crippen molar-refractivity contribution < 1.29 is 18.7 Å². The first-order chi connectivity index (χ1) is 15.3. The molecule has 6 rings (SSSR count). The fourth-order valence-electron chi connectivity index (χ4n) is 5.67. The lowest BCUT2D eigenvalue weighted by Gasteiger charge is -2.44. The van der Waals surface area contributed by atoms with Gasteiger partial charge in [0.1, 0.15) is 17.7 Å². The van der Waals surface area contributed by atoms with Crippen LogP contribution >= 0.6 is 0 Å². The molecule has 2 bridgehead atoms. The van der Waals surface area contributed by atoms with Crippen LogP contribution in [0.3, 0.4) is 0 Å². The zero-order valence-electron chi connectivity index (χ0n) is 19.0. The van der Waals surface area contributed by atoms with Gasteiger partial charge in [-0.1, -0.05) is 26.0 Å². The average Bonchev–Trinajstić information content (AvgIpc) is 3.03. The van der Waals surface area contributed by atoms with Crippen LogP contribution in [0.4, 0.5) is 9.18 Å². The number of hydrogen-bond donors (Lipinski definition) is 1. The van der Waals surface area contributed by atoms with Crippen LogP contribution in [0.25, 0.3) is 11.1 Å². The minimum Gasteiger partial charge on any atom is -0.497 e. The molecular weight excluding hydrogens is 407 g/mol. The molecule has 5 nitrogen and oxygen atoms in total. The highest BCUT2D eigenvalue weighted by Crippen LogP contribution is 2.47. The summed E-state index contributed by atoms with van der Waals surface area (Å²) < 4.78 is 26.2. The van der Waals surface area contributed by atoms with Crippen molar-refractivity contribution in [2.45, 2.75) is 45.3 Å². The Hall–Kier alpha value is -2.60. The number of carbonyl (C=O) groups is 1. The van der Waals surface area contributed by atoms with Gasteiger partial charge in [0.15, 0.2) is 0 Å². The normalized spacial score (nSPS) is 27.6. The lowest BCUT2D eigenvalue weighted by Crippen LogP contribution is -2.53. The van der Waals surface area contributed by atoms with Crippen molar-refractivity contribution in [3.8, 4) is 16.9 Å². The van der Waals surface area contributed by atoms with E-state index in [1.165, 1.54) is 0 Å². The zero-order chi connectivity index (χ0) is 22.5. The quantitative estimate of drug-likeness (QED) is 0.734. The highest BCUT2D eigenvalue weighted by atomic mass is 19.1. The van der Waals surface area contributed by atoms with Gasteiger partial charge in [0.05, 0.1) is 13.2 Å². The van der Waals surface area contributed by atoms with Crippen LogP contribution in [0.1, 0.15) is 43.9 Å². The van der Waals surface area contributed by atoms with Gasteiger partial charge in [-0.05, 0) is 84.6 Å². The number of halogens is 1. The van der Waals surface area contributed by atoms with Crippen molar-refractivity contribution >= 4 is 6.09 Å². The first kappa shape index (κ1) is 21.3. The summed E-state index contributed by atoms with van der Waals surface area (Å²) in [5.41, 5.74) is 3.05. The van der Waals surface area contributed by atoms with Gasteiger partial charge in [-0.3, -0.25) is 4.90 Å². The number of methoxy groups -OCH3 is 1. The molecule has 3 aliphatic heterocycles. The van der Waals surface area contributed by atoms with Crippen molar-refractivity contribution in [3.63, 3.8) is 0 Å². The van der Waals surface area contributed by atoms with E-state index < -0.39 is 6.09 Å². The maximum absolute atomic E-state index is 15.2. The van der Waals surface area contributed by atoms with E-state index >= 15 is 4.39 Å². The predicted molar refractivity (Wildman–Crippen MR) is 121 cm³/mol. The van der Waals surface area contributed by atoms with Crippen LogP contribution in [0.5, 0.6) is 5.75 Å². The Balaban J connectivity index is 1.35. The van der Waals surface area contributed by atoms with Crippen LogP contribution in [0, 0.1) is 17.2 Å². The summed E-state index contributed by atoms with van der Waals surface area (Å²) >= 11 is 0. The van der Waals surface area contributed by atoms with E-state index in [2.05, 4.69) is 24.1 Å². The van der Waals surface area contributed by atoms with Crippen molar-refractivity contribution in [1.29, 1.82) is 0 Å². The molecule has 0 aromatic heterocycles. The molecule has 0 saturated carbocycles. The molecule has 3 saturated heterocycles. The highest BCUT2D eigenvalue weighted by molar-refractivity contribution is 5.70. The van der Waals surface area contributed by atoms with Gasteiger partial charge in [0.2, 0.25) is 0 Å². The van der Waals surface area contributed by atoms with Crippen LogP contribution in [-0.4, -0.2) is 43.8 Å². The highest BCUT2D eigenvalue weighted by Gasteiger charge is 2.42. The van der Waals surface area contributed by atoms with E-state index in [1.807, 2.05) is 30.3 Å². The molecule has 1 N–H and O–H groups in total. The molecule has 1 amide bonds. The molecule has 32 heavy (non-hydrogen) atoms. The summed E-state index contributed by atoms with van der Waals surface area (Å²) in [6.45, 7) is 7.24. The molecular formula is C26H31FN2O3. The molecule has 6 heteroatoms. The van der Waals surface area contributed by atoms with Crippen molar-refractivity contribution in [2.75, 3.05) is 26.7 Å². The minimum atomic E-state index is -0.394. The van der Waals surface area contributed by atoms with E-state index in [1.54, 1.807) is 13.2 Å². The third-order valence-electron chi connectivity index (χ3n) is 7.49. The number of ether oxygens (including phenoxy) is 2. The van der Waals surface area contributed by atoms with E-state index in [0.29, 0.717) is 11.5 Å². The molecule has 0 spiro atoms. The van der Waals surface area contributed by atoms with Gasteiger partial charge in [-0.25, -0.2) is 9.18 Å². The van der Waals surface area contributed by atoms with Gasteiger partial charge in [0, 0.05) is 12.1 Å². The number of alkyl carbamates (subject to hydrolysis) is 1. The first-order valence-corrected chi connectivity index (χ1v) is 11.5. The average molecular weight is 439 g/mol. The number of nitrogens with one attached hydrogen (secondary N) is 1. The number of fused-ring (bicyclic) bond motifs is 4. The SMILES string of the molecule is COc1ccc(-c2cc3c(cc2F)[C@H](NC(=O)O[C@@H]2CN4CCC2CC4)C(C)(C)C3)cc1. The molecule has 170 valence electrons. The summed E-state index contributed by atoms with van der Waals surface area (Å²) in [5, 5.41) is 3.07. The Labute approximate surface area is 188 Å². The summed E-state index contributed by atoms with van der Waals surface area (Å²) in [7, 11) is 1.61. The van der Waals surface area contributed by atoms with Gasteiger partial charge >= 0.3 is 6.09 Å². The summed E-state index contributed by atoms with van der Waals surface area (Å²) in [6, 6.07) is 10.6. The van der Waals surface area contributed by atoms with Gasteiger partial charge < -0.3 is 14.8 Å². The van der Waals surface area contributed by atoms with E-state index in [-0.39, 0.29) is 23.4 Å². The van der Waals surface area contributed by atoms with Crippen LogP contribution in [0.2, 0.25) is 0 Å². The number of nitrogens with zero attached hydrogens (tertiary/aromatic N) is 1. The fourth-order valence-corrected chi connectivity index (χ4v) is 5.67. The largest absolute Gasteiger partial charge is 0.497 e. The lowest BCUT2D eigenvalue weighted by atomic mass is 9.85. The molecule has 2 atom stereocenters. The summed E-state index contributed by atoms with van der Waals surface area (Å²) in [5.74, 6) is 0.908. The minimum absolute atomic E-state index is 0.0457. The Bertz CT molecular complexity index is 1010. The number of hydrogen-bond acceptors (Lipinski definition) is 4. The van der Waals surface area contributed by atoms with Crippen LogP contribution < -0.4 is 10.1 Å².